The number of nitrogens with zero attached hydrogens (tertiary/aromatic N) is 1. The number of aromatic nitrogens is 1. The molecule has 0 bridgehead atoms. The Balaban J connectivity index is 1.58. The third-order valence-corrected chi connectivity index (χ3v) is 4.51. The van der Waals surface area contributed by atoms with Crippen molar-refractivity contribution in [3.8, 4) is 11.5 Å². The van der Waals surface area contributed by atoms with Crippen LogP contribution in [0.25, 0.3) is 0 Å². The van der Waals surface area contributed by atoms with Gasteiger partial charge in [-0.25, -0.2) is 0 Å². The number of nitrogens with one attached hydrogen (secondary N) is 1. The molecule has 0 saturated heterocycles. The van der Waals surface area contributed by atoms with Crippen LogP contribution in [0, 0.1) is 5.41 Å². The number of ether oxygens (including phenoxy) is 1. The van der Waals surface area contributed by atoms with Crippen molar-refractivity contribution in [3.63, 3.8) is 0 Å². The van der Waals surface area contributed by atoms with Crippen LogP contribution in [0.4, 0.5) is 0 Å². The molecule has 2 N–H and O–H groups in total. The number of carboxylic acid groups (broad SMARTS) is 1. The smallest absolute Gasteiger partial charge is 0.319 e. The van der Waals surface area contributed by atoms with Crippen LogP contribution in [-0.2, 0) is 16.1 Å². The van der Waals surface area contributed by atoms with Gasteiger partial charge in [-0.3, -0.25) is 14.6 Å². The monoisotopic (exact) mass is 340 g/mol. The van der Waals surface area contributed by atoms with Gasteiger partial charge in [0.1, 0.15) is 16.9 Å². The van der Waals surface area contributed by atoms with E-state index < -0.39 is 17.3 Å². The fraction of sp³-hybridized carbons (Fsp3) is 0.316. The van der Waals surface area contributed by atoms with Gasteiger partial charge in [0.15, 0.2) is 0 Å². The topological polar surface area (TPSA) is 88.5 Å². The minimum Gasteiger partial charge on any atom is -0.480 e. The van der Waals surface area contributed by atoms with E-state index in [1.165, 1.54) is 0 Å². The second-order valence-corrected chi connectivity index (χ2v) is 6.18. The van der Waals surface area contributed by atoms with Gasteiger partial charge in [0.2, 0.25) is 5.91 Å². The highest BCUT2D eigenvalue weighted by molar-refractivity contribution is 6.02. The molecule has 1 fully saturated rings. The lowest BCUT2D eigenvalue weighted by molar-refractivity contribution is -0.155. The van der Waals surface area contributed by atoms with Gasteiger partial charge < -0.3 is 15.2 Å². The summed E-state index contributed by atoms with van der Waals surface area (Å²) >= 11 is 0. The van der Waals surface area contributed by atoms with Crippen LogP contribution in [0.5, 0.6) is 11.5 Å². The average Bonchev–Trinajstić information content (AvgIpc) is 3.13. The SMILES string of the molecule is O=C(O)C1(C(=O)NCc2ccc(Oc3ccccc3)cn2)CCCC1. The molecule has 3 rings (SSSR count). The molecule has 0 radical (unpaired) electrons. The molecule has 0 aliphatic heterocycles. The van der Waals surface area contributed by atoms with Gasteiger partial charge in [-0.2, -0.15) is 0 Å². The van der Waals surface area contributed by atoms with Crippen molar-refractivity contribution in [2.75, 3.05) is 0 Å². The number of carboxylic acids is 1. The van der Waals surface area contributed by atoms with Crippen molar-refractivity contribution < 1.29 is 19.4 Å². The Bertz CT molecular complexity index is 738. The van der Waals surface area contributed by atoms with E-state index in [0.717, 1.165) is 18.6 Å². The Kier molecular flexibility index (Phi) is 4.97. The normalized spacial score (nSPS) is 15.5. The maximum absolute atomic E-state index is 12.3. The number of amides is 1. The first kappa shape index (κ1) is 17.0. The van der Waals surface area contributed by atoms with Crippen LogP contribution in [0.1, 0.15) is 31.4 Å². The lowest BCUT2D eigenvalue weighted by Crippen LogP contribution is -2.44. The molecule has 25 heavy (non-hydrogen) atoms. The first-order chi connectivity index (χ1) is 12.1. The summed E-state index contributed by atoms with van der Waals surface area (Å²) in [6, 6.07) is 12.9. The summed E-state index contributed by atoms with van der Waals surface area (Å²) in [5.41, 5.74) is -0.636. The maximum Gasteiger partial charge on any atom is 0.319 e. The summed E-state index contributed by atoms with van der Waals surface area (Å²) in [6.07, 6.45) is 3.90. The minimum atomic E-state index is -1.28. The summed E-state index contributed by atoms with van der Waals surface area (Å²) < 4.78 is 5.66. The highest BCUT2D eigenvalue weighted by Gasteiger charge is 2.48. The van der Waals surface area contributed by atoms with E-state index >= 15 is 0 Å². The van der Waals surface area contributed by atoms with Crippen LogP contribution in [0.15, 0.2) is 48.7 Å². The Morgan fingerprint density at radius 3 is 2.40 bits per heavy atom. The third-order valence-electron chi connectivity index (χ3n) is 4.51. The number of hydrogen-bond donors (Lipinski definition) is 2. The van der Waals surface area contributed by atoms with Gasteiger partial charge in [0, 0.05) is 0 Å². The molecule has 6 nitrogen and oxygen atoms in total. The standard InChI is InChI=1S/C19H20N2O4/c22-17(19(18(23)24)10-4-5-11-19)21-12-14-8-9-16(13-20-14)25-15-6-2-1-3-7-15/h1-3,6-9,13H,4-5,10-12H2,(H,21,22)(H,23,24). The number of para-hydroxylation sites is 1. The second-order valence-electron chi connectivity index (χ2n) is 6.18. The fourth-order valence-electron chi connectivity index (χ4n) is 3.06. The summed E-state index contributed by atoms with van der Waals surface area (Å²) in [6.45, 7) is 0.194. The molecular formula is C19H20N2O4. The minimum absolute atomic E-state index is 0.194. The zero-order chi connectivity index (χ0) is 17.7. The molecule has 0 unspecified atom stereocenters. The Morgan fingerprint density at radius 1 is 1.08 bits per heavy atom. The Morgan fingerprint density at radius 2 is 1.80 bits per heavy atom. The van der Waals surface area contributed by atoms with E-state index in [1.807, 2.05) is 30.3 Å². The molecule has 1 aliphatic rings. The van der Waals surface area contributed by atoms with Crippen molar-refractivity contribution in [3.05, 3.63) is 54.4 Å². The van der Waals surface area contributed by atoms with E-state index in [1.54, 1.807) is 18.3 Å². The molecule has 1 aromatic carbocycles. The first-order valence-corrected chi connectivity index (χ1v) is 8.30. The highest BCUT2D eigenvalue weighted by Crippen LogP contribution is 2.38. The van der Waals surface area contributed by atoms with E-state index in [0.29, 0.717) is 24.3 Å². The van der Waals surface area contributed by atoms with Crippen molar-refractivity contribution in [2.45, 2.75) is 32.2 Å². The lowest BCUT2D eigenvalue weighted by atomic mass is 9.85. The molecule has 1 amide bonds. The van der Waals surface area contributed by atoms with Gasteiger partial charge in [0.25, 0.3) is 0 Å². The van der Waals surface area contributed by atoms with E-state index in [9.17, 15) is 14.7 Å². The quantitative estimate of drug-likeness (QED) is 0.789. The number of benzene rings is 1. The van der Waals surface area contributed by atoms with Crippen molar-refractivity contribution in [1.29, 1.82) is 0 Å². The molecule has 1 aliphatic carbocycles. The number of pyridine rings is 1. The second kappa shape index (κ2) is 7.34. The summed E-state index contributed by atoms with van der Waals surface area (Å²) in [5, 5.41) is 12.1. The van der Waals surface area contributed by atoms with Crippen molar-refractivity contribution >= 4 is 11.9 Å². The molecule has 0 spiro atoms. The molecule has 130 valence electrons. The zero-order valence-corrected chi connectivity index (χ0v) is 13.8. The van der Waals surface area contributed by atoms with Crippen LogP contribution < -0.4 is 10.1 Å². The molecule has 6 heteroatoms. The van der Waals surface area contributed by atoms with Gasteiger partial charge >= 0.3 is 5.97 Å². The molecular weight excluding hydrogens is 320 g/mol. The number of carbonyl (C=O) groups is 2. The van der Waals surface area contributed by atoms with Crippen LogP contribution in [0.3, 0.4) is 0 Å². The highest BCUT2D eigenvalue weighted by atomic mass is 16.5. The predicted molar refractivity (Wildman–Crippen MR) is 91.1 cm³/mol. The molecule has 1 aromatic heterocycles. The number of carbonyl (C=O) groups excluding carboxylic acids is 1. The summed E-state index contributed by atoms with van der Waals surface area (Å²) in [5.74, 6) is -0.153. The van der Waals surface area contributed by atoms with Gasteiger partial charge in [-0.1, -0.05) is 31.0 Å². The third kappa shape index (κ3) is 3.79. The number of aliphatic carboxylic acids is 1. The largest absolute Gasteiger partial charge is 0.480 e. The summed E-state index contributed by atoms with van der Waals surface area (Å²) in [7, 11) is 0. The molecule has 1 heterocycles. The Labute approximate surface area is 145 Å². The molecule has 0 atom stereocenters. The first-order valence-electron chi connectivity index (χ1n) is 8.30. The summed E-state index contributed by atoms with van der Waals surface area (Å²) in [4.78, 5) is 28.1. The van der Waals surface area contributed by atoms with Crippen LogP contribution in [0.2, 0.25) is 0 Å². The number of hydrogen-bond acceptors (Lipinski definition) is 4. The van der Waals surface area contributed by atoms with E-state index in [-0.39, 0.29) is 6.54 Å². The Hall–Kier alpha value is -2.89. The van der Waals surface area contributed by atoms with Crippen molar-refractivity contribution in [1.82, 2.24) is 10.3 Å². The predicted octanol–water partition coefficient (Wildman–Crippen LogP) is 3.14. The molecule has 1 saturated carbocycles. The van der Waals surface area contributed by atoms with Gasteiger partial charge in [-0.05, 0) is 37.1 Å². The fourth-order valence-corrected chi connectivity index (χ4v) is 3.06. The average molecular weight is 340 g/mol. The lowest BCUT2D eigenvalue weighted by Gasteiger charge is -2.22. The van der Waals surface area contributed by atoms with Crippen LogP contribution in [-0.4, -0.2) is 22.0 Å². The van der Waals surface area contributed by atoms with E-state index in [4.69, 9.17) is 4.74 Å². The number of rotatable bonds is 6. The molecule has 2 aromatic rings. The van der Waals surface area contributed by atoms with Gasteiger partial charge in [0.05, 0.1) is 18.4 Å². The van der Waals surface area contributed by atoms with Crippen molar-refractivity contribution in [2.24, 2.45) is 5.41 Å². The maximum atomic E-state index is 12.3. The van der Waals surface area contributed by atoms with E-state index in [2.05, 4.69) is 10.3 Å². The van der Waals surface area contributed by atoms with Crippen LogP contribution >= 0.6 is 0 Å². The zero-order valence-electron chi connectivity index (χ0n) is 13.8. The van der Waals surface area contributed by atoms with Gasteiger partial charge in [-0.15, -0.1) is 0 Å².